The summed E-state index contributed by atoms with van der Waals surface area (Å²) < 4.78 is 28.2. The average molecular weight is 278 g/mol. The van der Waals surface area contributed by atoms with Gasteiger partial charge in [-0.25, -0.2) is 8.42 Å². The van der Waals surface area contributed by atoms with Crippen LogP contribution in [-0.2, 0) is 19.4 Å². The molecule has 0 aliphatic carbocycles. The van der Waals surface area contributed by atoms with Gasteiger partial charge in [0.2, 0.25) is 0 Å². The number of aliphatic carboxylic acids is 1. The maximum absolute atomic E-state index is 12.3. The van der Waals surface area contributed by atoms with Crippen LogP contribution in [0.5, 0.6) is 0 Å². The van der Waals surface area contributed by atoms with Crippen LogP contribution >= 0.6 is 0 Å². The smallest absolute Gasteiger partial charge is 0.324 e. The molecule has 1 aliphatic heterocycles. The number of rotatable bonds is 6. The molecule has 1 rings (SSSR count). The number of carboxylic acids is 1. The summed E-state index contributed by atoms with van der Waals surface area (Å²) in [5.74, 6) is -1.25. The largest absolute Gasteiger partial charge is 0.480 e. The highest BCUT2D eigenvalue weighted by atomic mass is 32.2. The molecule has 0 saturated carbocycles. The Hall–Kier alpha value is -0.620. The summed E-state index contributed by atoms with van der Waals surface area (Å²) in [4.78, 5) is 11.3. The zero-order valence-electron chi connectivity index (χ0n) is 11.0. The second-order valence-electron chi connectivity index (χ2n) is 5.12. The van der Waals surface area contributed by atoms with Crippen LogP contribution < -0.4 is 0 Å². The van der Waals surface area contributed by atoms with E-state index in [9.17, 15) is 18.3 Å². The van der Waals surface area contributed by atoms with Gasteiger partial charge in [-0.3, -0.25) is 4.79 Å². The highest BCUT2D eigenvalue weighted by molar-refractivity contribution is 7.93. The van der Waals surface area contributed by atoms with Crippen LogP contribution in [0.15, 0.2) is 0 Å². The molecule has 1 aliphatic rings. The van der Waals surface area contributed by atoms with E-state index in [1.54, 1.807) is 6.92 Å². The summed E-state index contributed by atoms with van der Waals surface area (Å²) in [6, 6.07) is 0. The maximum Gasteiger partial charge on any atom is 0.324 e. The lowest BCUT2D eigenvalue weighted by atomic mass is 10.0. The molecule has 0 amide bonds. The molecule has 1 saturated heterocycles. The van der Waals surface area contributed by atoms with E-state index >= 15 is 0 Å². The number of hydrogen-bond acceptors (Lipinski definition) is 4. The minimum absolute atomic E-state index is 0.0271. The van der Waals surface area contributed by atoms with E-state index in [0.29, 0.717) is 32.5 Å². The molecule has 0 bridgehead atoms. The highest BCUT2D eigenvalue weighted by Gasteiger charge is 2.46. The van der Waals surface area contributed by atoms with Gasteiger partial charge in [0.05, 0.1) is 5.75 Å². The minimum Gasteiger partial charge on any atom is -0.480 e. The van der Waals surface area contributed by atoms with Gasteiger partial charge in [-0.2, -0.15) is 0 Å². The van der Waals surface area contributed by atoms with Gasteiger partial charge in [0.25, 0.3) is 0 Å². The second kappa shape index (κ2) is 6.02. The fourth-order valence-electron chi connectivity index (χ4n) is 2.28. The Morgan fingerprint density at radius 2 is 1.94 bits per heavy atom. The molecule has 1 atom stereocenters. The van der Waals surface area contributed by atoms with Crippen LogP contribution in [0, 0.1) is 5.92 Å². The van der Waals surface area contributed by atoms with Crippen molar-refractivity contribution in [3.05, 3.63) is 0 Å². The minimum atomic E-state index is -3.64. The number of carboxylic acid groups (broad SMARTS) is 1. The van der Waals surface area contributed by atoms with E-state index in [2.05, 4.69) is 0 Å². The zero-order valence-corrected chi connectivity index (χ0v) is 11.8. The monoisotopic (exact) mass is 278 g/mol. The normalized spacial score (nSPS) is 21.4. The fourth-order valence-corrected chi connectivity index (χ4v) is 4.38. The molecule has 0 aromatic rings. The summed E-state index contributed by atoms with van der Waals surface area (Å²) in [5.41, 5.74) is 0. The van der Waals surface area contributed by atoms with Crippen molar-refractivity contribution < 1.29 is 23.1 Å². The standard InChI is InChI=1S/C12H22O5S/c1-3-6-12(2,11(13)14)18(15,16)9-10-4-7-17-8-5-10/h10H,3-9H2,1-2H3,(H,13,14). The van der Waals surface area contributed by atoms with Gasteiger partial charge in [0.1, 0.15) is 0 Å². The third kappa shape index (κ3) is 3.23. The van der Waals surface area contributed by atoms with Crippen molar-refractivity contribution in [3.63, 3.8) is 0 Å². The lowest BCUT2D eigenvalue weighted by molar-refractivity contribution is -0.139. The number of hydrogen-bond donors (Lipinski definition) is 1. The molecule has 0 aromatic carbocycles. The SMILES string of the molecule is CCCC(C)(C(=O)O)S(=O)(=O)CC1CCOCC1. The highest BCUT2D eigenvalue weighted by Crippen LogP contribution is 2.28. The first-order valence-corrected chi connectivity index (χ1v) is 8.02. The molecular formula is C12H22O5S. The van der Waals surface area contributed by atoms with Gasteiger partial charge in [0.15, 0.2) is 14.6 Å². The van der Waals surface area contributed by atoms with Crippen molar-refractivity contribution in [2.24, 2.45) is 5.92 Å². The van der Waals surface area contributed by atoms with Crippen molar-refractivity contribution in [1.82, 2.24) is 0 Å². The van der Waals surface area contributed by atoms with Gasteiger partial charge < -0.3 is 9.84 Å². The van der Waals surface area contributed by atoms with Crippen LogP contribution in [0.1, 0.15) is 39.5 Å². The Morgan fingerprint density at radius 3 is 2.39 bits per heavy atom. The number of carbonyl (C=O) groups is 1. The van der Waals surface area contributed by atoms with Crippen LogP contribution in [0.25, 0.3) is 0 Å². The third-order valence-corrected chi connectivity index (χ3v) is 6.32. The van der Waals surface area contributed by atoms with E-state index < -0.39 is 20.6 Å². The molecule has 0 radical (unpaired) electrons. The first-order valence-electron chi connectivity index (χ1n) is 6.37. The summed E-state index contributed by atoms with van der Waals surface area (Å²) in [6.45, 7) is 4.26. The molecule has 18 heavy (non-hydrogen) atoms. The van der Waals surface area contributed by atoms with Crippen molar-refractivity contribution in [2.75, 3.05) is 19.0 Å². The van der Waals surface area contributed by atoms with Crippen molar-refractivity contribution in [1.29, 1.82) is 0 Å². The lowest BCUT2D eigenvalue weighted by Gasteiger charge is -2.28. The topological polar surface area (TPSA) is 80.7 Å². The Morgan fingerprint density at radius 1 is 1.39 bits per heavy atom. The van der Waals surface area contributed by atoms with Crippen LogP contribution in [0.3, 0.4) is 0 Å². The first-order chi connectivity index (χ1) is 8.33. The predicted octanol–water partition coefficient (Wildman–Crippen LogP) is 1.47. The summed E-state index contributed by atoms with van der Waals surface area (Å²) in [7, 11) is -3.64. The predicted molar refractivity (Wildman–Crippen MR) is 68.3 cm³/mol. The molecular weight excluding hydrogens is 256 g/mol. The molecule has 6 heteroatoms. The van der Waals surface area contributed by atoms with Gasteiger partial charge in [-0.15, -0.1) is 0 Å². The van der Waals surface area contributed by atoms with E-state index in [1.165, 1.54) is 6.92 Å². The van der Waals surface area contributed by atoms with E-state index in [4.69, 9.17) is 4.74 Å². The molecule has 5 nitrogen and oxygen atoms in total. The van der Waals surface area contributed by atoms with Crippen LogP contribution in [0.4, 0.5) is 0 Å². The molecule has 1 fully saturated rings. The Balaban J connectivity index is 2.84. The van der Waals surface area contributed by atoms with E-state index in [1.807, 2.05) is 0 Å². The van der Waals surface area contributed by atoms with Gasteiger partial charge in [-0.05, 0) is 32.1 Å². The molecule has 1 N–H and O–H groups in total. The zero-order chi connectivity index (χ0) is 13.8. The van der Waals surface area contributed by atoms with E-state index in [-0.39, 0.29) is 18.1 Å². The molecule has 1 heterocycles. The van der Waals surface area contributed by atoms with Gasteiger partial charge in [0, 0.05) is 13.2 Å². The van der Waals surface area contributed by atoms with Gasteiger partial charge >= 0.3 is 5.97 Å². The lowest BCUT2D eigenvalue weighted by Crippen LogP contribution is -2.46. The summed E-state index contributed by atoms with van der Waals surface area (Å²) in [5, 5.41) is 9.22. The van der Waals surface area contributed by atoms with Crippen molar-refractivity contribution >= 4 is 15.8 Å². The average Bonchev–Trinajstić information content (AvgIpc) is 2.29. The van der Waals surface area contributed by atoms with Crippen molar-refractivity contribution in [3.8, 4) is 0 Å². The molecule has 1 unspecified atom stereocenters. The number of ether oxygens (including phenoxy) is 1. The van der Waals surface area contributed by atoms with Crippen molar-refractivity contribution in [2.45, 2.75) is 44.3 Å². The summed E-state index contributed by atoms with van der Waals surface area (Å²) in [6.07, 6.45) is 2.09. The fraction of sp³-hybridized carbons (Fsp3) is 0.917. The molecule has 106 valence electrons. The molecule has 0 aromatic heterocycles. The van der Waals surface area contributed by atoms with Crippen LogP contribution in [0.2, 0.25) is 0 Å². The number of sulfone groups is 1. The third-order valence-electron chi connectivity index (χ3n) is 3.66. The second-order valence-corrected chi connectivity index (χ2v) is 7.59. The van der Waals surface area contributed by atoms with E-state index in [0.717, 1.165) is 0 Å². The molecule has 0 spiro atoms. The Labute approximate surface area is 108 Å². The maximum atomic E-state index is 12.3. The quantitative estimate of drug-likeness (QED) is 0.795. The Kier molecular flexibility index (Phi) is 5.16. The Bertz CT molecular complexity index is 383. The van der Waals surface area contributed by atoms with Crippen LogP contribution in [-0.4, -0.2) is 43.2 Å². The first kappa shape index (κ1) is 15.4. The van der Waals surface area contributed by atoms with Gasteiger partial charge in [-0.1, -0.05) is 13.3 Å². The summed E-state index contributed by atoms with van der Waals surface area (Å²) >= 11 is 0.